The number of carbonyl (C=O) groups excluding carboxylic acids is 2. The molecule has 0 saturated carbocycles. The van der Waals surface area contributed by atoms with Crippen LogP contribution in [0.25, 0.3) is 11.2 Å². The number of rotatable bonds is 10. The Morgan fingerprint density at radius 2 is 1.87 bits per heavy atom. The molecule has 0 aliphatic carbocycles. The maximum Gasteiger partial charge on any atom is 1.00 e. The third-order valence-electron chi connectivity index (χ3n) is 4.89. The van der Waals surface area contributed by atoms with E-state index in [1.165, 1.54) is 17.2 Å². The molecular weight excluding hydrogens is 573 g/mol. The van der Waals surface area contributed by atoms with Crippen molar-refractivity contribution in [3.05, 3.63) is 12.7 Å². The van der Waals surface area contributed by atoms with Crippen LogP contribution >= 0.6 is 7.82 Å². The Kier molecular flexibility index (Phi) is 13.1. The summed E-state index contributed by atoms with van der Waals surface area (Å²) in [6.45, 7) is -0.919. The van der Waals surface area contributed by atoms with E-state index in [2.05, 4.69) is 20.7 Å². The van der Waals surface area contributed by atoms with E-state index in [4.69, 9.17) is 35.2 Å². The summed E-state index contributed by atoms with van der Waals surface area (Å²) in [5, 5.41) is 29.4. The van der Waals surface area contributed by atoms with Crippen molar-refractivity contribution in [2.45, 2.75) is 49.6 Å². The first-order valence-electron chi connectivity index (χ1n) is 10.5. The van der Waals surface area contributed by atoms with Gasteiger partial charge in [0, 0.05) is 12.8 Å². The minimum absolute atomic E-state index is 0. The standard InChI is InChI=1S/C15H24N7O8P.C2HF3O2.Na/c16-7(1-2-9(17)23)3-28-31(26,27)29-4-8-11(24)12(25)15(30-8)22-6-21-10-13(18)19-5-20-14(10)22;3-2(4,5)1(6)7;/h5-8,11-12,15,24-25H,1-4,16H2,(H2,17,23)(H,26,27)(H2,18,19,20);(H,6,7);/q;;+1/p-1. The van der Waals surface area contributed by atoms with E-state index < -0.39 is 63.1 Å². The second-order valence-corrected chi connectivity index (χ2v) is 9.24. The molecule has 1 saturated heterocycles. The number of halogens is 3. The quantitative estimate of drug-likeness (QED) is 0.126. The Morgan fingerprint density at radius 1 is 1.26 bits per heavy atom. The normalized spacial score (nSPS) is 23.3. The number of anilines is 1. The minimum atomic E-state index is -5.19. The van der Waals surface area contributed by atoms with Crippen molar-refractivity contribution in [2.24, 2.45) is 5.73 Å². The van der Waals surface area contributed by atoms with Gasteiger partial charge in [0.15, 0.2) is 17.7 Å². The number of carbonyl (C=O) groups is 2. The zero-order valence-electron chi connectivity index (χ0n) is 20.3. The molecule has 6 atom stereocenters. The molecule has 2 aromatic heterocycles. The van der Waals surface area contributed by atoms with E-state index in [0.29, 0.717) is 0 Å². The van der Waals surface area contributed by atoms with Crippen molar-refractivity contribution in [3.63, 3.8) is 0 Å². The first-order valence-corrected chi connectivity index (χ1v) is 11.9. The van der Waals surface area contributed by atoms with Gasteiger partial charge in [-0.2, -0.15) is 13.2 Å². The molecule has 2 aromatic rings. The Bertz CT molecular complexity index is 1180. The van der Waals surface area contributed by atoms with Crippen LogP contribution in [0.2, 0.25) is 0 Å². The number of alkyl halides is 3. The van der Waals surface area contributed by atoms with Crippen molar-refractivity contribution in [1.82, 2.24) is 19.5 Å². The smallest absolute Gasteiger partial charge is 0.756 e. The number of aliphatic hydroxyl groups excluding tert-OH is 2. The molecule has 6 unspecified atom stereocenters. The molecule has 1 aliphatic heterocycles. The fourth-order valence-electron chi connectivity index (χ4n) is 2.98. The number of nitrogens with two attached hydrogens (primary N) is 2. The van der Waals surface area contributed by atoms with Crippen molar-refractivity contribution in [3.8, 4) is 0 Å². The average Bonchev–Trinajstić information content (AvgIpc) is 3.37. The molecule has 17 nitrogen and oxygen atoms in total. The first-order chi connectivity index (χ1) is 17.5. The van der Waals surface area contributed by atoms with Gasteiger partial charge in [0.1, 0.15) is 48.8 Å². The third-order valence-corrected chi connectivity index (χ3v) is 5.82. The number of aliphatic hydroxyl groups is 2. The number of aromatic nitrogens is 4. The van der Waals surface area contributed by atoms with E-state index in [1.807, 2.05) is 0 Å². The molecule has 22 heteroatoms. The molecule has 0 radical (unpaired) electrons. The molecule has 1 fully saturated rings. The average molecular weight is 597 g/mol. The molecular formula is C17H24F3N7NaO10P. The molecule has 0 bridgehead atoms. The fraction of sp³-hybridized carbons (Fsp3) is 0.588. The summed E-state index contributed by atoms with van der Waals surface area (Å²) in [4.78, 5) is 43.4. The zero-order valence-corrected chi connectivity index (χ0v) is 23.2. The fourth-order valence-corrected chi connectivity index (χ4v) is 3.78. The molecule has 1 amide bonds. The number of imidazole rings is 1. The van der Waals surface area contributed by atoms with Crippen LogP contribution in [0.3, 0.4) is 0 Å². The second-order valence-electron chi connectivity index (χ2n) is 7.82. The maximum atomic E-state index is 12.0. The predicted molar refractivity (Wildman–Crippen MR) is 111 cm³/mol. The number of nitrogens with zero attached hydrogens (tertiary/aromatic N) is 4. The molecule has 1 aliphatic rings. The number of hydrogen-bond acceptors (Lipinski definition) is 14. The predicted octanol–water partition coefficient (Wildman–Crippen LogP) is -7.29. The molecule has 214 valence electrons. The van der Waals surface area contributed by atoms with Crippen LogP contribution < -0.4 is 56.8 Å². The van der Waals surface area contributed by atoms with Crippen LogP contribution in [0.4, 0.5) is 19.0 Å². The van der Waals surface area contributed by atoms with Gasteiger partial charge in [-0.25, -0.2) is 15.0 Å². The number of amides is 1. The number of ether oxygens (including phenoxy) is 1. The molecule has 3 heterocycles. The third kappa shape index (κ3) is 10.2. The second kappa shape index (κ2) is 14.6. The van der Waals surface area contributed by atoms with Gasteiger partial charge in [0.05, 0.1) is 12.9 Å². The van der Waals surface area contributed by atoms with Crippen LogP contribution in [0.5, 0.6) is 0 Å². The van der Waals surface area contributed by atoms with E-state index in [1.54, 1.807) is 0 Å². The Balaban J connectivity index is 0.000000841. The van der Waals surface area contributed by atoms with Gasteiger partial charge in [-0.05, 0) is 0 Å². The molecule has 39 heavy (non-hydrogen) atoms. The number of hydrogen-bond donors (Lipinski definition) is 5. The van der Waals surface area contributed by atoms with Crippen molar-refractivity contribution in [1.29, 1.82) is 0 Å². The number of nitrogen functional groups attached to an aromatic ring is 1. The van der Waals surface area contributed by atoms with Crippen molar-refractivity contribution in [2.75, 3.05) is 18.9 Å². The number of phosphoric acid groups is 1. The summed E-state index contributed by atoms with van der Waals surface area (Å²) in [6.07, 6.45) is -7.57. The number of carboxylic acid groups (broad SMARTS) is 1. The van der Waals surface area contributed by atoms with Gasteiger partial charge in [-0.15, -0.1) is 0 Å². The minimum Gasteiger partial charge on any atom is -0.756 e. The number of aliphatic carboxylic acids is 1. The van der Waals surface area contributed by atoms with E-state index >= 15 is 0 Å². The van der Waals surface area contributed by atoms with Crippen molar-refractivity contribution >= 4 is 36.7 Å². The number of fused-ring (bicyclic) bond motifs is 1. The number of quaternary nitrogens is 1. The van der Waals surface area contributed by atoms with Crippen LogP contribution in [-0.2, 0) is 27.9 Å². The summed E-state index contributed by atoms with van der Waals surface area (Å²) in [7, 11) is -4.75. The molecule has 0 aromatic carbocycles. The molecule has 3 rings (SSSR count). The van der Waals surface area contributed by atoms with Gasteiger partial charge in [-0.1, -0.05) is 0 Å². The SMILES string of the molecule is NC(=O)CCC([NH3+])COP(=O)([O-])OCC1OC(n2cnc3c(N)ncnc32)C(O)C1O.O=C([O-])C(F)(F)F.[Na+]. The van der Waals surface area contributed by atoms with Gasteiger partial charge >= 0.3 is 35.7 Å². The first kappa shape index (κ1) is 35.1. The maximum absolute atomic E-state index is 12.0. The van der Waals surface area contributed by atoms with Crippen LogP contribution in [-0.4, -0.2) is 85.4 Å². The van der Waals surface area contributed by atoms with Gasteiger partial charge in [0.25, 0.3) is 7.82 Å². The van der Waals surface area contributed by atoms with Gasteiger partial charge in [-0.3, -0.25) is 13.9 Å². The number of carboxylic acids is 1. The zero-order chi connectivity index (χ0) is 28.8. The van der Waals surface area contributed by atoms with E-state index in [9.17, 15) is 37.6 Å². The van der Waals surface area contributed by atoms with Crippen LogP contribution in [0, 0.1) is 0 Å². The Labute approximate surface area is 239 Å². The Morgan fingerprint density at radius 3 is 2.44 bits per heavy atom. The van der Waals surface area contributed by atoms with E-state index in [-0.39, 0.29) is 66.0 Å². The van der Waals surface area contributed by atoms with Crippen LogP contribution in [0.15, 0.2) is 12.7 Å². The van der Waals surface area contributed by atoms with Gasteiger partial charge in [0.2, 0.25) is 5.91 Å². The summed E-state index contributed by atoms with van der Waals surface area (Å²) in [5.74, 6) is -3.41. The van der Waals surface area contributed by atoms with Crippen LogP contribution in [0.1, 0.15) is 19.1 Å². The molecule has 0 spiro atoms. The van der Waals surface area contributed by atoms with Crippen molar-refractivity contribution < 1.29 is 96.6 Å². The largest absolute Gasteiger partial charge is 1.00 e. The summed E-state index contributed by atoms with van der Waals surface area (Å²) in [5.41, 5.74) is 15.0. The van der Waals surface area contributed by atoms with Gasteiger partial charge < -0.3 is 56.0 Å². The number of primary amides is 1. The monoisotopic (exact) mass is 597 g/mol. The number of phosphoric ester groups is 1. The Hall–Kier alpha value is -1.97. The summed E-state index contributed by atoms with van der Waals surface area (Å²) in [6, 6.07) is -0.498. The topological polar surface area (TPSA) is 289 Å². The van der Waals surface area contributed by atoms with E-state index in [0.717, 1.165) is 0 Å². The molecule has 9 N–H and O–H groups in total. The summed E-state index contributed by atoms with van der Waals surface area (Å²) >= 11 is 0. The summed E-state index contributed by atoms with van der Waals surface area (Å²) < 4.78 is 59.9.